The van der Waals surface area contributed by atoms with Gasteiger partial charge in [-0.1, -0.05) is 12.1 Å². The molecule has 2 aromatic rings. The fourth-order valence-corrected chi connectivity index (χ4v) is 1.90. The highest BCUT2D eigenvalue weighted by Gasteiger charge is 2.04. The first kappa shape index (κ1) is 13.8. The number of aromatic nitrogens is 1. The normalized spacial score (nSPS) is 10.7. The molecule has 0 radical (unpaired) electrons. The minimum atomic E-state index is -0.375. The largest absolute Gasteiger partial charge is 0.466 e. The number of esters is 1. The predicted molar refractivity (Wildman–Crippen MR) is 79.9 cm³/mol. The van der Waals surface area contributed by atoms with E-state index < -0.39 is 0 Å². The fourth-order valence-electron chi connectivity index (χ4n) is 1.90. The molecule has 0 atom stereocenters. The number of nitrogens with zero attached hydrogens (tertiary/aromatic N) is 1. The molecule has 1 aromatic heterocycles. The summed E-state index contributed by atoms with van der Waals surface area (Å²) in [6, 6.07) is 9.69. The second-order valence-corrected chi connectivity index (χ2v) is 4.40. The summed E-state index contributed by atoms with van der Waals surface area (Å²) < 4.78 is 4.58. The molecule has 20 heavy (non-hydrogen) atoms. The van der Waals surface area contributed by atoms with Crippen LogP contribution in [0.2, 0.25) is 0 Å². The zero-order valence-corrected chi connectivity index (χ0v) is 11.5. The number of carbonyl (C=O) groups is 1. The summed E-state index contributed by atoms with van der Waals surface area (Å²) in [6.45, 7) is 2.03. The van der Waals surface area contributed by atoms with Crippen molar-refractivity contribution in [3.8, 4) is 11.1 Å². The van der Waals surface area contributed by atoms with Gasteiger partial charge in [0.2, 0.25) is 0 Å². The Labute approximate surface area is 117 Å². The molecule has 0 aliphatic rings. The van der Waals surface area contributed by atoms with Gasteiger partial charge in [-0.3, -0.25) is 0 Å². The van der Waals surface area contributed by atoms with E-state index in [0.717, 1.165) is 22.3 Å². The van der Waals surface area contributed by atoms with E-state index in [0.29, 0.717) is 5.82 Å². The lowest BCUT2D eigenvalue weighted by Crippen LogP contribution is -1.94. The Bertz CT molecular complexity index is 663. The van der Waals surface area contributed by atoms with E-state index in [9.17, 15) is 4.79 Å². The van der Waals surface area contributed by atoms with Crippen LogP contribution in [0.4, 0.5) is 5.82 Å². The lowest BCUT2D eigenvalue weighted by molar-refractivity contribution is -0.134. The number of carbonyl (C=O) groups excluding carboxylic acids is 1. The van der Waals surface area contributed by atoms with Gasteiger partial charge >= 0.3 is 5.97 Å². The molecule has 0 unspecified atom stereocenters. The molecule has 102 valence electrons. The molecular weight excluding hydrogens is 252 g/mol. The van der Waals surface area contributed by atoms with Gasteiger partial charge < -0.3 is 10.5 Å². The molecule has 0 aliphatic heterocycles. The molecule has 1 aromatic carbocycles. The van der Waals surface area contributed by atoms with E-state index >= 15 is 0 Å². The maximum absolute atomic E-state index is 11.1. The van der Waals surface area contributed by atoms with Gasteiger partial charge in [0.15, 0.2) is 0 Å². The Balaban J connectivity index is 2.39. The standard InChI is InChI=1S/C16H16N2O2/c1-11-3-4-12(5-6-16(19)20-2)9-14(11)13-7-8-18-15(17)10-13/h3-10H,1-2H3,(H2,17,18)/b6-5+. The van der Waals surface area contributed by atoms with E-state index in [1.165, 1.54) is 13.2 Å². The highest BCUT2D eigenvalue weighted by atomic mass is 16.5. The molecule has 4 heteroatoms. The van der Waals surface area contributed by atoms with E-state index in [-0.39, 0.29) is 5.97 Å². The highest BCUT2D eigenvalue weighted by Crippen LogP contribution is 2.25. The summed E-state index contributed by atoms with van der Waals surface area (Å²) in [5.74, 6) is 0.109. The SMILES string of the molecule is COC(=O)/C=C/c1ccc(C)c(-c2ccnc(N)c2)c1. The van der Waals surface area contributed by atoms with E-state index in [1.54, 1.807) is 12.3 Å². The Morgan fingerprint density at radius 1 is 1.30 bits per heavy atom. The first-order valence-corrected chi connectivity index (χ1v) is 6.19. The predicted octanol–water partition coefficient (Wildman–Crippen LogP) is 2.83. The van der Waals surface area contributed by atoms with Gasteiger partial charge in [0.25, 0.3) is 0 Å². The van der Waals surface area contributed by atoms with Crippen LogP contribution in [0, 0.1) is 6.92 Å². The first-order chi connectivity index (χ1) is 9.60. The van der Waals surface area contributed by atoms with Crippen LogP contribution in [-0.2, 0) is 9.53 Å². The maximum atomic E-state index is 11.1. The van der Waals surface area contributed by atoms with Crippen molar-refractivity contribution in [1.29, 1.82) is 0 Å². The second kappa shape index (κ2) is 6.02. The third-order valence-electron chi connectivity index (χ3n) is 2.97. The zero-order valence-electron chi connectivity index (χ0n) is 11.5. The summed E-state index contributed by atoms with van der Waals surface area (Å²) in [6.07, 6.45) is 4.80. The lowest BCUT2D eigenvalue weighted by atomic mass is 9.98. The molecule has 0 aliphatic carbocycles. The monoisotopic (exact) mass is 268 g/mol. The summed E-state index contributed by atoms with van der Waals surface area (Å²) >= 11 is 0. The number of hydrogen-bond acceptors (Lipinski definition) is 4. The molecule has 0 fully saturated rings. The van der Waals surface area contributed by atoms with Crippen LogP contribution in [-0.4, -0.2) is 18.1 Å². The number of hydrogen-bond donors (Lipinski definition) is 1. The van der Waals surface area contributed by atoms with Gasteiger partial charge in [0.1, 0.15) is 5.82 Å². The molecule has 2 N–H and O–H groups in total. The van der Waals surface area contributed by atoms with Gasteiger partial charge in [0.05, 0.1) is 7.11 Å². The molecule has 4 nitrogen and oxygen atoms in total. The number of ether oxygens (including phenoxy) is 1. The molecule has 0 amide bonds. The highest BCUT2D eigenvalue weighted by molar-refractivity contribution is 5.87. The molecular formula is C16H16N2O2. The number of rotatable bonds is 3. The van der Waals surface area contributed by atoms with Crippen LogP contribution < -0.4 is 5.73 Å². The average Bonchev–Trinajstić information content (AvgIpc) is 2.46. The van der Waals surface area contributed by atoms with Gasteiger partial charge in [-0.2, -0.15) is 0 Å². The number of methoxy groups -OCH3 is 1. The third kappa shape index (κ3) is 3.23. The smallest absolute Gasteiger partial charge is 0.330 e. The van der Waals surface area contributed by atoms with Crippen molar-refractivity contribution in [2.24, 2.45) is 0 Å². The summed E-state index contributed by atoms with van der Waals surface area (Å²) in [5.41, 5.74) is 9.83. The van der Waals surface area contributed by atoms with Crippen LogP contribution in [0.3, 0.4) is 0 Å². The molecule has 0 spiro atoms. The molecule has 0 bridgehead atoms. The van der Waals surface area contributed by atoms with Crippen molar-refractivity contribution in [2.75, 3.05) is 12.8 Å². The van der Waals surface area contributed by atoms with Crippen LogP contribution >= 0.6 is 0 Å². The van der Waals surface area contributed by atoms with Gasteiger partial charge in [-0.05, 0) is 53.5 Å². The van der Waals surface area contributed by atoms with Crippen LogP contribution in [0.1, 0.15) is 11.1 Å². The fraction of sp³-hybridized carbons (Fsp3) is 0.125. The Hall–Kier alpha value is -2.62. The van der Waals surface area contributed by atoms with Crippen LogP contribution in [0.25, 0.3) is 17.2 Å². The molecule has 0 saturated carbocycles. The topological polar surface area (TPSA) is 65.2 Å². The van der Waals surface area contributed by atoms with Gasteiger partial charge in [-0.15, -0.1) is 0 Å². The van der Waals surface area contributed by atoms with E-state index in [1.807, 2.05) is 37.3 Å². The van der Waals surface area contributed by atoms with Crippen molar-refractivity contribution < 1.29 is 9.53 Å². The summed E-state index contributed by atoms with van der Waals surface area (Å²) in [4.78, 5) is 15.1. The third-order valence-corrected chi connectivity index (χ3v) is 2.97. The first-order valence-electron chi connectivity index (χ1n) is 6.19. The lowest BCUT2D eigenvalue weighted by Gasteiger charge is -2.08. The maximum Gasteiger partial charge on any atom is 0.330 e. The number of pyridine rings is 1. The summed E-state index contributed by atoms with van der Waals surface area (Å²) in [5, 5.41) is 0. The van der Waals surface area contributed by atoms with Crippen LogP contribution in [0.5, 0.6) is 0 Å². The van der Waals surface area contributed by atoms with Crippen LogP contribution in [0.15, 0.2) is 42.6 Å². The van der Waals surface area contributed by atoms with Crippen molar-refractivity contribution >= 4 is 17.9 Å². The van der Waals surface area contributed by atoms with Crippen molar-refractivity contribution in [2.45, 2.75) is 6.92 Å². The van der Waals surface area contributed by atoms with Crippen molar-refractivity contribution in [1.82, 2.24) is 4.98 Å². The van der Waals surface area contributed by atoms with E-state index in [4.69, 9.17) is 5.73 Å². The number of anilines is 1. The minimum Gasteiger partial charge on any atom is -0.466 e. The molecule has 1 heterocycles. The Morgan fingerprint density at radius 3 is 2.80 bits per heavy atom. The Morgan fingerprint density at radius 2 is 2.10 bits per heavy atom. The number of benzene rings is 1. The average molecular weight is 268 g/mol. The number of nitrogen functional groups attached to an aromatic ring is 1. The molecule has 2 rings (SSSR count). The Kier molecular flexibility index (Phi) is 4.15. The molecule has 0 saturated heterocycles. The van der Waals surface area contributed by atoms with E-state index in [2.05, 4.69) is 9.72 Å². The van der Waals surface area contributed by atoms with Crippen molar-refractivity contribution in [3.63, 3.8) is 0 Å². The minimum absolute atomic E-state index is 0.375. The quantitative estimate of drug-likeness (QED) is 0.686. The van der Waals surface area contributed by atoms with Crippen molar-refractivity contribution in [3.05, 3.63) is 53.7 Å². The van der Waals surface area contributed by atoms with Gasteiger partial charge in [0, 0.05) is 12.3 Å². The second-order valence-electron chi connectivity index (χ2n) is 4.40. The summed E-state index contributed by atoms with van der Waals surface area (Å²) in [7, 11) is 1.35. The number of nitrogens with two attached hydrogens (primary N) is 1. The number of aryl methyl sites for hydroxylation is 1. The zero-order chi connectivity index (χ0) is 14.5. The van der Waals surface area contributed by atoms with Gasteiger partial charge in [-0.25, -0.2) is 9.78 Å².